The van der Waals surface area contributed by atoms with Gasteiger partial charge in [0.15, 0.2) is 5.78 Å². The highest BCUT2D eigenvalue weighted by atomic mass is 16.5. The van der Waals surface area contributed by atoms with Crippen LogP contribution >= 0.6 is 0 Å². The summed E-state index contributed by atoms with van der Waals surface area (Å²) in [5.74, 6) is 0.649. The normalized spacial score (nSPS) is 25.2. The second-order valence-corrected chi connectivity index (χ2v) is 5.49. The number of carbonyl (C=O) groups is 1. The first kappa shape index (κ1) is 13.4. The smallest absolute Gasteiger partial charge is 0.204 e. The number of nitriles is 1. The summed E-state index contributed by atoms with van der Waals surface area (Å²) >= 11 is 0. The van der Waals surface area contributed by atoms with Gasteiger partial charge in [-0.2, -0.15) is 5.26 Å². The van der Waals surface area contributed by atoms with E-state index in [9.17, 15) is 4.79 Å². The lowest BCUT2D eigenvalue weighted by atomic mass is 9.76. The summed E-state index contributed by atoms with van der Waals surface area (Å²) in [4.78, 5) is 12.5. The quantitative estimate of drug-likeness (QED) is 0.858. The number of rotatable bonds is 1. The molecule has 1 aromatic carbocycles. The van der Waals surface area contributed by atoms with Gasteiger partial charge in [0.1, 0.15) is 11.8 Å². The van der Waals surface area contributed by atoms with E-state index in [-0.39, 0.29) is 23.5 Å². The summed E-state index contributed by atoms with van der Waals surface area (Å²) < 4.78 is 5.58. The van der Waals surface area contributed by atoms with E-state index in [1.807, 2.05) is 43.3 Å². The van der Waals surface area contributed by atoms with E-state index in [0.717, 1.165) is 5.56 Å². The molecule has 21 heavy (non-hydrogen) atoms. The first-order valence-corrected chi connectivity index (χ1v) is 7.00. The number of ketones is 1. The summed E-state index contributed by atoms with van der Waals surface area (Å²) in [5.41, 5.74) is 7.90. The van der Waals surface area contributed by atoms with Gasteiger partial charge in [-0.25, -0.2) is 0 Å². The molecule has 0 bridgehead atoms. The number of nitrogens with zero attached hydrogens (tertiary/aromatic N) is 1. The molecule has 0 radical (unpaired) electrons. The number of ether oxygens (including phenoxy) is 1. The Morgan fingerprint density at radius 2 is 2.00 bits per heavy atom. The molecule has 3 rings (SSSR count). The molecule has 0 unspecified atom stereocenters. The SMILES string of the molecule is C[C@@H]1C(C#N)=C(N)OC2=C1C(=O)C[C@H](c1ccccc1)C2. The van der Waals surface area contributed by atoms with Crippen LogP contribution in [0, 0.1) is 17.2 Å². The van der Waals surface area contributed by atoms with Crippen LogP contribution in [0.15, 0.2) is 53.1 Å². The Balaban J connectivity index is 1.95. The minimum Gasteiger partial charge on any atom is -0.444 e. The lowest BCUT2D eigenvalue weighted by Crippen LogP contribution is -2.29. The lowest BCUT2D eigenvalue weighted by molar-refractivity contribution is -0.117. The predicted octanol–water partition coefficient (Wildman–Crippen LogP) is 2.75. The molecule has 0 spiro atoms. The van der Waals surface area contributed by atoms with Crippen LogP contribution in [0.3, 0.4) is 0 Å². The fourth-order valence-corrected chi connectivity index (χ4v) is 3.13. The summed E-state index contributed by atoms with van der Waals surface area (Å²) in [6, 6.07) is 12.0. The van der Waals surface area contributed by atoms with Crippen molar-refractivity contribution in [2.75, 3.05) is 0 Å². The third kappa shape index (κ3) is 2.21. The zero-order valence-electron chi connectivity index (χ0n) is 11.8. The molecule has 0 saturated carbocycles. The van der Waals surface area contributed by atoms with Gasteiger partial charge in [0.25, 0.3) is 0 Å². The Hall–Kier alpha value is -2.54. The monoisotopic (exact) mass is 280 g/mol. The van der Waals surface area contributed by atoms with Crippen molar-refractivity contribution in [3.05, 3.63) is 58.7 Å². The van der Waals surface area contributed by atoms with Crippen molar-refractivity contribution in [2.24, 2.45) is 11.7 Å². The van der Waals surface area contributed by atoms with Crippen molar-refractivity contribution >= 4 is 5.78 Å². The molecule has 1 aliphatic carbocycles. The van der Waals surface area contributed by atoms with Gasteiger partial charge in [0.05, 0.1) is 5.57 Å². The molecule has 1 heterocycles. The fraction of sp³-hybridized carbons (Fsp3) is 0.294. The van der Waals surface area contributed by atoms with Crippen LogP contribution in [0.1, 0.15) is 31.2 Å². The molecule has 4 heteroatoms. The molecule has 1 aliphatic heterocycles. The highest BCUT2D eigenvalue weighted by molar-refractivity contribution is 5.98. The van der Waals surface area contributed by atoms with Crippen molar-refractivity contribution in [3.8, 4) is 6.07 Å². The molecular formula is C17H16N2O2. The van der Waals surface area contributed by atoms with Crippen LogP contribution < -0.4 is 5.73 Å². The molecule has 0 saturated heterocycles. The first-order chi connectivity index (χ1) is 10.1. The van der Waals surface area contributed by atoms with Gasteiger partial charge in [0, 0.05) is 24.3 Å². The topological polar surface area (TPSA) is 76.1 Å². The average Bonchev–Trinajstić information content (AvgIpc) is 2.47. The molecule has 2 atom stereocenters. The number of nitrogens with two attached hydrogens (primary N) is 1. The predicted molar refractivity (Wildman–Crippen MR) is 77.5 cm³/mol. The van der Waals surface area contributed by atoms with E-state index >= 15 is 0 Å². The summed E-state index contributed by atoms with van der Waals surface area (Å²) in [7, 11) is 0. The van der Waals surface area contributed by atoms with Crippen LogP contribution in [0.4, 0.5) is 0 Å². The summed E-state index contributed by atoms with van der Waals surface area (Å²) in [6.07, 6.45) is 1.10. The van der Waals surface area contributed by atoms with Crippen molar-refractivity contribution in [2.45, 2.75) is 25.7 Å². The molecule has 0 amide bonds. The molecule has 2 aliphatic rings. The number of hydrogen-bond donors (Lipinski definition) is 1. The van der Waals surface area contributed by atoms with Crippen molar-refractivity contribution in [1.29, 1.82) is 5.26 Å². The molecule has 0 aromatic heterocycles. The molecule has 0 fully saturated rings. The number of carbonyl (C=O) groups excluding carboxylic acids is 1. The highest BCUT2D eigenvalue weighted by Crippen LogP contribution is 2.42. The summed E-state index contributed by atoms with van der Waals surface area (Å²) in [5, 5.41) is 9.14. The van der Waals surface area contributed by atoms with Gasteiger partial charge in [-0.05, 0) is 11.5 Å². The molecule has 106 valence electrons. The van der Waals surface area contributed by atoms with Crippen LogP contribution in [0.2, 0.25) is 0 Å². The van der Waals surface area contributed by atoms with Crippen LogP contribution in [0.25, 0.3) is 0 Å². The highest BCUT2D eigenvalue weighted by Gasteiger charge is 2.37. The molecule has 4 nitrogen and oxygen atoms in total. The van der Waals surface area contributed by atoms with E-state index in [1.165, 1.54) is 0 Å². The maximum atomic E-state index is 12.5. The Bertz CT molecular complexity index is 695. The van der Waals surface area contributed by atoms with Gasteiger partial charge in [-0.3, -0.25) is 4.79 Å². The number of benzene rings is 1. The van der Waals surface area contributed by atoms with E-state index in [2.05, 4.69) is 0 Å². The maximum Gasteiger partial charge on any atom is 0.204 e. The van der Waals surface area contributed by atoms with Gasteiger partial charge in [-0.1, -0.05) is 37.3 Å². The average molecular weight is 280 g/mol. The number of allylic oxidation sites excluding steroid dienone is 3. The second-order valence-electron chi connectivity index (χ2n) is 5.49. The molecule has 2 N–H and O–H groups in total. The molecule has 1 aromatic rings. The van der Waals surface area contributed by atoms with E-state index < -0.39 is 0 Å². The third-order valence-electron chi connectivity index (χ3n) is 4.22. The van der Waals surface area contributed by atoms with Crippen molar-refractivity contribution in [1.82, 2.24) is 0 Å². The lowest BCUT2D eigenvalue weighted by Gasteiger charge is -2.32. The third-order valence-corrected chi connectivity index (χ3v) is 4.22. The maximum absolute atomic E-state index is 12.5. The minimum absolute atomic E-state index is 0.0536. The van der Waals surface area contributed by atoms with Gasteiger partial charge < -0.3 is 10.5 Å². The summed E-state index contributed by atoms with van der Waals surface area (Å²) in [6.45, 7) is 1.84. The van der Waals surface area contributed by atoms with Gasteiger partial charge >= 0.3 is 0 Å². The van der Waals surface area contributed by atoms with Crippen LogP contribution in [-0.4, -0.2) is 5.78 Å². The Morgan fingerprint density at radius 3 is 2.67 bits per heavy atom. The zero-order chi connectivity index (χ0) is 15.0. The zero-order valence-corrected chi connectivity index (χ0v) is 11.8. The Kier molecular flexibility index (Phi) is 3.26. The fourth-order valence-electron chi connectivity index (χ4n) is 3.13. The molecular weight excluding hydrogens is 264 g/mol. The van der Waals surface area contributed by atoms with E-state index in [1.54, 1.807) is 0 Å². The Labute approximate surface area is 123 Å². The number of hydrogen-bond acceptors (Lipinski definition) is 4. The van der Waals surface area contributed by atoms with Gasteiger partial charge in [-0.15, -0.1) is 0 Å². The first-order valence-electron chi connectivity index (χ1n) is 7.00. The van der Waals surface area contributed by atoms with E-state index in [4.69, 9.17) is 15.7 Å². The van der Waals surface area contributed by atoms with Crippen LogP contribution in [0.5, 0.6) is 0 Å². The second kappa shape index (κ2) is 5.10. The number of Topliss-reactive ketones (excluding diaryl/α,β-unsaturated/α-hetero) is 1. The van der Waals surface area contributed by atoms with Crippen molar-refractivity contribution in [3.63, 3.8) is 0 Å². The van der Waals surface area contributed by atoms with Crippen LogP contribution in [-0.2, 0) is 9.53 Å². The van der Waals surface area contributed by atoms with E-state index in [0.29, 0.717) is 29.7 Å². The largest absolute Gasteiger partial charge is 0.444 e. The Morgan fingerprint density at radius 1 is 1.29 bits per heavy atom. The minimum atomic E-state index is -0.275. The van der Waals surface area contributed by atoms with Gasteiger partial charge in [0.2, 0.25) is 5.88 Å². The standard InChI is InChI=1S/C17H16N2O2/c1-10-13(9-18)17(19)21-15-8-12(7-14(20)16(10)15)11-5-3-2-4-6-11/h2-6,10,12H,7-8,19H2,1H3/t10-,12+/m1/s1. The van der Waals surface area contributed by atoms with Crippen molar-refractivity contribution < 1.29 is 9.53 Å².